The Hall–Kier alpha value is 0.226. The fourth-order valence-corrected chi connectivity index (χ4v) is 3.33. The topological polar surface area (TPSA) is 121 Å². The number of allylic oxidation sites excluding steroid dienone is 1. The molecule has 1 atom stereocenters. The number of carboxylic acids is 1. The van der Waals surface area contributed by atoms with Crippen LogP contribution in [0.2, 0.25) is 0 Å². The van der Waals surface area contributed by atoms with E-state index in [1.54, 1.807) is 0 Å². The smallest absolute Gasteiger partial charge is 0.550 e. The summed E-state index contributed by atoms with van der Waals surface area (Å²) in [4.78, 5) is 23.0. The molecule has 1 unspecified atom stereocenters. The summed E-state index contributed by atoms with van der Waals surface area (Å²) in [5.74, 6) is -3.03. The number of rotatable bonds is 7. The maximum Gasteiger partial charge on any atom is 1.00 e. The normalized spacial score (nSPS) is 18.6. The van der Waals surface area contributed by atoms with Gasteiger partial charge < -0.3 is 14.6 Å². The van der Waals surface area contributed by atoms with Crippen LogP contribution in [0.25, 0.3) is 0 Å². The van der Waals surface area contributed by atoms with E-state index in [4.69, 9.17) is 4.74 Å². The second kappa shape index (κ2) is 9.50. The standard InChI is InChI=1S/C13H20O7S.K/c1-2-8-13(9-11(14)15,21(17,18)19)12(16)20-10-6-4-3-5-7-10;/h2,10H,1,3-9H2,(H,14,15)(H,17,18,19);/q;+1/p-1. The Morgan fingerprint density at radius 2 is 1.86 bits per heavy atom. The molecule has 0 aromatic carbocycles. The van der Waals surface area contributed by atoms with Crippen molar-refractivity contribution < 1.29 is 83.8 Å². The average Bonchev–Trinajstić information content (AvgIpc) is 2.37. The molecule has 1 N–H and O–H groups in total. The number of aliphatic carboxylic acids is 1. The first-order valence-corrected chi connectivity index (χ1v) is 8.16. The van der Waals surface area contributed by atoms with Gasteiger partial charge in [0.1, 0.15) is 6.10 Å². The van der Waals surface area contributed by atoms with Gasteiger partial charge in [-0.25, -0.2) is 0 Å². The van der Waals surface area contributed by atoms with Gasteiger partial charge in [0, 0.05) is 12.4 Å². The van der Waals surface area contributed by atoms with Crippen molar-refractivity contribution in [3.63, 3.8) is 0 Å². The zero-order chi connectivity index (χ0) is 16.1. The van der Waals surface area contributed by atoms with Crippen molar-refractivity contribution in [2.75, 3.05) is 0 Å². The van der Waals surface area contributed by atoms with Gasteiger partial charge in [-0.2, -0.15) is 8.42 Å². The van der Waals surface area contributed by atoms with Gasteiger partial charge >= 0.3 is 57.4 Å². The van der Waals surface area contributed by atoms with Crippen molar-refractivity contribution in [3.8, 4) is 0 Å². The average molecular weight is 358 g/mol. The van der Waals surface area contributed by atoms with E-state index in [2.05, 4.69) is 6.58 Å². The van der Waals surface area contributed by atoms with E-state index in [9.17, 15) is 27.7 Å². The number of carboxylic acid groups (broad SMARTS) is 1. The quantitative estimate of drug-likeness (QED) is 0.226. The summed E-state index contributed by atoms with van der Waals surface area (Å²) in [5, 5.41) is 10.8. The van der Waals surface area contributed by atoms with Gasteiger partial charge in [-0.3, -0.25) is 9.35 Å². The fraction of sp³-hybridized carbons (Fsp3) is 0.692. The minimum Gasteiger partial charge on any atom is -0.550 e. The minimum atomic E-state index is -5.00. The number of esters is 1. The number of hydrogen-bond acceptors (Lipinski definition) is 6. The summed E-state index contributed by atoms with van der Waals surface area (Å²) in [6, 6.07) is 0. The van der Waals surface area contributed by atoms with E-state index in [-0.39, 0.29) is 51.4 Å². The Balaban J connectivity index is 0.00000441. The molecule has 0 heterocycles. The Morgan fingerprint density at radius 1 is 1.32 bits per heavy atom. The van der Waals surface area contributed by atoms with Gasteiger partial charge in [0.25, 0.3) is 10.1 Å². The summed E-state index contributed by atoms with van der Waals surface area (Å²) in [7, 11) is -5.00. The fourth-order valence-electron chi connectivity index (χ4n) is 2.44. The van der Waals surface area contributed by atoms with Crippen LogP contribution in [0, 0.1) is 0 Å². The molecule has 1 rings (SSSR count). The first kappa shape index (κ1) is 22.2. The van der Waals surface area contributed by atoms with E-state index in [0.717, 1.165) is 25.3 Å². The maximum atomic E-state index is 12.2. The van der Waals surface area contributed by atoms with Crippen LogP contribution in [0.15, 0.2) is 12.7 Å². The van der Waals surface area contributed by atoms with Crippen LogP contribution >= 0.6 is 0 Å². The molecular weight excluding hydrogens is 339 g/mol. The molecule has 0 spiro atoms. The first-order chi connectivity index (χ1) is 9.73. The number of hydrogen-bond donors (Lipinski definition) is 1. The Bertz CT molecular complexity index is 510. The molecule has 1 aliphatic carbocycles. The molecule has 0 radical (unpaired) electrons. The van der Waals surface area contributed by atoms with E-state index in [1.165, 1.54) is 0 Å². The van der Waals surface area contributed by atoms with Gasteiger partial charge in [0.05, 0.1) is 0 Å². The number of carbonyl (C=O) groups excluding carboxylic acids is 2. The van der Waals surface area contributed by atoms with Gasteiger partial charge in [-0.15, -0.1) is 6.58 Å². The zero-order valence-corrected chi connectivity index (χ0v) is 16.6. The van der Waals surface area contributed by atoms with E-state index < -0.39 is 45.7 Å². The summed E-state index contributed by atoms with van der Waals surface area (Å²) in [5.41, 5.74) is 0. The van der Waals surface area contributed by atoms with Gasteiger partial charge in [0.15, 0.2) is 0 Å². The molecule has 0 aromatic heterocycles. The van der Waals surface area contributed by atoms with Crippen LogP contribution in [0.1, 0.15) is 44.9 Å². The number of ether oxygens (including phenoxy) is 1. The van der Waals surface area contributed by atoms with Crippen molar-refractivity contribution in [1.82, 2.24) is 0 Å². The van der Waals surface area contributed by atoms with Crippen LogP contribution < -0.4 is 56.5 Å². The summed E-state index contributed by atoms with van der Waals surface area (Å²) in [6.07, 6.45) is 2.73. The third-order valence-electron chi connectivity index (χ3n) is 3.60. The summed E-state index contributed by atoms with van der Waals surface area (Å²) in [6.45, 7) is 3.30. The SMILES string of the molecule is C=CCC(CC(=O)[O-])(C(=O)OC1CCCCC1)S(=O)(=O)O.[K+]. The molecule has 22 heavy (non-hydrogen) atoms. The van der Waals surface area contributed by atoms with Crippen molar-refractivity contribution in [2.24, 2.45) is 0 Å². The van der Waals surface area contributed by atoms with E-state index >= 15 is 0 Å². The molecule has 0 bridgehead atoms. The maximum absolute atomic E-state index is 12.2. The molecule has 0 saturated heterocycles. The Kier molecular flexibility index (Phi) is 9.60. The molecule has 7 nitrogen and oxygen atoms in total. The van der Waals surface area contributed by atoms with Crippen LogP contribution in [0.3, 0.4) is 0 Å². The second-order valence-electron chi connectivity index (χ2n) is 5.18. The van der Waals surface area contributed by atoms with Crippen molar-refractivity contribution >= 4 is 22.1 Å². The van der Waals surface area contributed by atoms with Gasteiger partial charge in [0.2, 0.25) is 4.75 Å². The molecule has 1 saturated carbocycles. The Labute approximate surface area is 172 Å². The molecule has 1 aliphatic rings. The predicted octanol–water partition coefficient (Wildman–Crippen LogP) is -2.79. The van der Waals surface area contributed by atoms with E-state index in [1.807, 2.05) is 0 Å². The van der Waals surface area contributed by atoms with Crippen LogP contribution in [0.4, 0.5) is 0 Å². The molecule has 0 amide bonds. The first-order valence-electron chi connectivity index (χ1n) is 6.72. The van der Waals surface area contributed by atoms with Gasteiger partial charge in [-0.1, -0.05) is 12.5 Å². The molecule has 0 aromatic rings. The van der Waals surface area contributed by atoms with E-state index in [0.29, 0.717) is 12.8 Å². The molecular formula is C13H19KO7S. The largest absolute Gasteiger partial charge is 1.00 e. The number of carbonyl (C=O) groups is 2. The molecule has 0 aliphatic heterocycles. The molecule has 1 fully saturated rings. The van der Waals surface area contributed by atoms with Crippen molar-refractivity contribution in [2.45, 2.75) is 55.8 Å². The minimum absolute atomic E-state index is 0. The molecule has 120 valence electrons. The van der Waals surface area contributed by atoms with Gasteiger partial charge in [-0.05, 0) is 32.1 Å². The van der Waals surface area contributed by atoms with Crippen LogP contribution in [-0.2, 0) is 24.4 Å². The summed E-state index contributed by atoms with van der Waals surface area (Å²) < 4.78 is 35.0. The predicted molar refractivity (Wildman–Crippen MR) is 71.7 cm³/mol. The monoisotopic (exact) mass is 358 g/mol. The van der Waals surface area contributed by atoms with Crippen molar-refractivity contribution in [1.29, 1.82) is 0 Å². The molecule has 9 heteroatoms. The third-order valence-corrected chi connectivity index (χ3v) is 5.06. The van der Waals surface area contributed by atoms with Crippen LogP contribution in [0.5, 0.6) is 0 Å². The van der Waals surface area contributed by atoms with Crippen LogP contribution in [-0.4, -0.2) is 35.8 Å². The zero-order valence-electron chi connectivity index (χ0n) is 12.6. The Morgan fingerprint density at radius 3 is 2.27 bits per heavy atom. The van der Waals surface area contributed by atoms with Crippen molar-refractivity contribution in [3.05, 3.63) is 12.7 Å². The second-order valence-corrected chi connectivity index (χ2v) is 6.91. The summed E-state index contributed by atoms with van der Waals surface area (Å²) >= 11 is 0. The third kappa shape index (κ3) is 5.70.